The molecule has 4 aromatic rings. The quantitative estimate of drug-likeness (QED) is 0.254. The number of carbonyl (C=O) groups is 1. The lowest BCUT2D eigenvalue weighted by molar-refractivity contribution is -0.118. The maximum Gasteiger partial charge on any atom is 0.250 e. The Labute approximate surface area is 191 Å². The molecule has 0 fully saturated rings. The third-order valence-corrected chi connectivity index (χ3v) is 5.66. The van der Waals surface area contributed by atoms with Gasteiger partial charge in [0.2, 0.25) is 0 Å². The zero-order valence-corrected chi connectivity index (χ0v) is 18.7. The highest BCUT2D eigenvalue weighted by Crippen LogP contribution is 2.28. The summed E-state index contributed by atoms with van der Waals surface area (Å²) in [5, 5.41) is 13.5. The molecule has 1 heterocycles. The second kappa shape index (κ2) is 10.1. The van der Waals surface area contributed by atoms with Crippen molar-refractivity contribution in [2.45, 2.75) is 19.0 Å². The third-order valence-electron chi connectivity index (χ3n) is 4.73. The molecular formula is C25H23N5OS. The number of aromatic nitrogens is 3. The van der Waals surface area contributed by atoms with Crippen LogP contribution in [0.5, 0.6) is 0 Å². The highest BCUT2D eigenvalue weighted by molar-refractivity contribution is 7.99. The van der Waals surface area contributed by atoms with Gasteiger partial charge < -0.3 is 0 Å². The molecule has 0 aliphatic rings. The fraction of sp³-hybridized carbons (Fsp3) is 0.120. The Morgan fingerprint density at radius 1 is 0.969 bits per heavy atom. The van der Waals surface area contributed by atoms with E-state index in [0.29, 0.717) is 5.16 Å². The molecule has 32 heavy (non-hydrogen) atoms. The van der Waals surface area contributed by atoms with Crippen molar-refractivity contribution in [2.24, 2.45) is 5.10 Å². The lowest BCUT2D eigenvalue weighted by atomic mass is 10.2. The van der Waals surface area contributed by atoms with Crippen LogP contribution in [-0.2, 0) is 4.79 Å². The molecule has 0 spiro atoms. The fourth-order valence-electron chi connectivity index (χ4n) is 3.16. The van der Waals surface area contributed by atoms with Crippen molar-refractivity contribution >= 4 is 23.9 Å². The Balaban J connectivity index is 1.50. The highest BCUT2D eigenvalue weighted by Gasteiger charge is 2.17. The van der Waals surface area contributed by atoms with Crippen LogP contribution in [0.2, 0.25) is 0 Å². The van der Waals surface area contributed by atoms with E-state index < -0.39 is 0 Å². The molecule has 1 N–H and O–H groups in total. The van der Waals surface area contributed by atoms with Crippen molar-refractivity contribution in [1.82, 2.24) is 20.2 Å². The molecule has 7 heteroatoms. The molecule has 0 saturated heterocycles. The van der Waals surface area contributed by atoms with Crippen LogP contribution in [0.4, 0.5) is 0 Å². The molecule has 3 aromatic carbocycles. The van der Waals surface area contributed by atoms with E-state index in [1.807, 2.05) is 97.3 Å². The predicted octanol–water partition coefficient (Wildman–Crippen LogP) is 4.79. The molecule has 0 atom stereocenters. The summed E-state index contributed by atoms with van der Waals surface area (Å²) in [6.07, 6.45) is 1.64. The number of benzene rings is 3. The summed E-state index contributed by atoms with van der Waals surface area (Å²) in [4.78, 5) is 12.3. The lowest BCUT2D eigenvalue weighted by Gasteiger charge is -2.10. The number of aryl methyl sites for hydroxylation is 2. The Kier molecular flexibility index (Phi) is 6.77. The summed E-state index contributed by atoms with van der Waals surface area (Å²) in [7, 11) is 0. The first-order valence-electron chi connectivity index (χ1n) is 10.2. The van der Waals surface area contributed by atoms with E-state index in [4.69, 9.17) is 0 Å². The third kappa shape index (κ3) is 5.31. The van der Waals surface area contributed by atoms with Crippen LogP contribution in [0.1, 0.15) is 16.7 Å². The normalized spacial score (nSPS) is 11.1. The van der Waals surface area contributed by atoms with Gasteiger partial charge in [0.15, 0.2) is 11.0 Å². The Bertz CT molecular complexity index is 1230. The van der Waals surface area contributed by atoms with Gasteiger partial charge >= 0.3 is 0 Å². The molecule has 0 bridgehead atoms. The number of amides is 1. The summed E-state index contributed by atoms with van der Waals surface area (Å²) >= 11 is 1.32. The van der Waals surface area contributed by atoms with E-state index in [1.54, 1.807) is 6.21 Å². The SMILES string of the molecule is Cc1ccc(-n2c(SCC(=O)N/N=C/c3cccc(C)c3)nnc2-c2ccccc2)cc1. The second-order valence-electron chi connectivity index (χ2n) is 7.34. The van der Waals surface area contributed by atoms with Crippen LogP contribution in [0.3, 0.4) is 0 Å². The molecule has 0 radical (unpaired) electrons. The van der Waals surface area contributed by atoms with Crippen molar-refractivity contribution in [1.29, 1.82) is 0 Å². The van der Waals surface area contributed by atoms with Crippen molar-refractivity contribution < 1.29 is 4.79 Å². The van der Waals surface area contributed by atoms with E-state index in [9.17, 15) is 4.79 Å². The summed E-state index contributed by atoms with van der Waals surface area (Å²) in [5.41, 5.74) is 7.72. The molecule has 0 aliphatic heterocycles. The predicted molar refractivity (Wildman–Crippen MR) is 129 cm³/mol. The summed E-state index contributed by atoms with van der Waals surface area (Å²) < 4.78 is 1.97. The Morgan fingerprint density at radius 2 is 1.75 bits per heavy atom. The van der Waals surface area contributed by atoms with Crippen LogP contribution < -0.4 is 5.43 Å². The number of hydrogen-bond donors (Lipinski definition) is 1. The monoisotopic (exact) mass is 441 g/mol. The zero-order valence-electron chi connectivity index (χ0n) is 17.9. The van der Waals surface area contributed by atoms with Gasteiger partial charge in [-0.15, -0.1) is 10.2 Å². The first-order chi connectivity index (χ1) is 15.6. The van der Waals surface area contributed by atoms with E-state index >= 15 is 0 Å². The maximum atomic E-state index is 12.3. The van der Waals surface area contributed by atoms with Crippen LogP contribution in [0.25, 0.3) is 17.1 Å². The number of rotatable bonds is 7. The summed E-state index contributed by atoms with van der Waals surface area (Å²) in [6, 6.07) is 26.0. The molecule has 1 aromatic heterocycles. The van der Waals surface area contributed by atoms with Crippen molar-refractivity contribution in [3.63, 3.8) is 0 Å². The van der Waals surface area contributed by atoms with Crippen LogP contribution in [-0.4, -0.2) is 32.6 Å². The first-order valence-corrected chi connectivity index (χ1v) is 11.2. The largest absolute Gasteiger partial charge is 0.272 e. The Hall–Kier alpha value is -3.71. The summed E-state index contributed by atoms with van der Waals surface area (Å²) in [6.45, 7) is 4.06. The van der Waals surface area contributed by atoms with E-state index in [0.717, 1.165) is 28.2 Å². The topological polar surface area (TPSA) is 72.2 Å². The molecule has 160 valence electrons. The van der Waals surface area contributed by atoms with Gasteiger partial charge in [-0.1, -0.05) is 89.6 Å². The number of hydrogen-bond acceptors (Lipinski definition) is 5. The minimum atomic E-state index is -0.210. The molecule has 0 unspecified atom stereocenters. The van der Waals surface area contributed by atoms with Gasteiger partial charge in [-0.3, -0.25) is 9.36 Å². The average Bonchev–Trinajstić information content (AvgIpc) is 3.23. The minimum Gasteiger partial charge on any atom is -0.272 e. The fourth-order valence-corrected chi connectivity index (χ4v) is 3.90. The minimum absolute atomic E-state index is 0.171. The number of carbonyl (C=O) groups excluding carboxylic acids is 1. The zero-order chi connectivity index (χ0) is 22.3. The Morgan fingerprint density at radius 3 is 2.50 bits per heavy atom. The van der Waals surface area contributed by atoms with E-state index in [-0.39, 0.29) is 11.7 Å². The number of thioether (sulfide) groups is 1. The van der Waals surface area contributed by atoms with Gasteiger partial charge in [-0.25, -0.2) is 5.43 Å². The van der Waals surface area contributed by atoms with Crippen LogP contribution >= 0.6 is 11.8 Å². The van der Waals surface area contributed by atoms with Crippen molar-refractivity contribution in [2.75, 3.05) is 5.75 Å². The van der Waals surface area contributed by atoms with Gasteiger partial charge in [0, 0.05) is 11.3 Å². The van der Waals surface area contributed by atoms with Gasteiger partial charge in [-0.2, -0.15) is 5.10 Å². The summed E-state index contributed by atoms with van der Waals surface area (Å²) in [5.74, 6) is 0.692. The smallest absolute Gasteiger partial charge is 0.250 e. The highest BCUT2D eigenvalue weighted by atomic mass is 32.2. The van der Waals surface area contributed by atoms with E-state index in [1.165, 1.54) is 17.3 Å². The van der Waals surface area contributed by atoms with Gasteiger partial charge in [0.05, 0.1) is 12.0 Å². The molecule has 0 saturated carbocycles. The number of nitrogens with zero attached hydrogens (tertiary/aromatic N) is 4. The maximum absolute atomic E-state index is 12.3. The van der Waals surface area contributed by atoms with Gasteiger partial charge in [0.1, 0.15) is 0 Å². The van der Waals surface area contributed by atoms with Gasteiger partial charge in [0.25, 0.3) is 5.91 Å². The van der Waals surface area contributed by atoms with E-state index in [2.05, 4.69) is 20.7 Å². The number of hydrazone groups is 1. The second-order valence-corrected chi connectivity index (χ2v) is 8.28. The van der Waals surface area contributed by atoms with Crippen molar-refractivity contribution in [3.8, 4) is 17.1 Å². The molecule has 1 amide bonds. The first kappa shape index (κ1) is 21.5. The lowest BCUT2D eigenvalue weighted by Crippen LogP contribution is -2.20. The molecule has 4 rings (SSSR count). The average molecular weight is 442 g/mol. The van der Waals surface area contributed by atoms with Gasteiger partial charge in [-0.05, 0) is 31.5 Å². The van der Waals surface area contributed by atoms with Crippen molar-refractivity contribution in [3.05, 3.63) is 95.6 Å². The molecule has 6 nitrogen and oxygen atoms in total. The van der Waals surface area contributed by atoms with Crippen LogP contribution in [0.15, 0.2) is 89.1 Å². The standard InChI is InChI=1S/C25H23N5OS/c1-18-11-13-22(14-12-18)30-24(21-9-4-3-5-10-21)28-29-25(30)32-17-23(31)27-26-16-20-8-6-7-19(2)15-20/h3-16H,17H2,1-2H3,(H,27,31)/b26-16+. The number of nitrogens with one attached hydrogen (secondary N) is 1. The van der Waals surface area contributed by atoms with Crippen LogP contribution in [0, 0.1) is 13.8 Å². The molecular weight excluding hydrogens is 418 g/mol. The molecule has 0 aliphatic carbocycles.